The Morgan fingerprint density at radius 3 is 2.67 bits per heavy atom. The summed E-state index contributed by atoms with van der Waals surface area (Å²) in [6.45, 7) is 0.212. The number of carbonyl (C=O) groups is 1. The fourth-order valence-electron chi connectivity index (χ4n) is 2.23. The van der Waals surface area contributed by atoms with Crippen molar-refractivity contribution < 1.29 is 18.7 Å². The minimum Gasteiger partial charge on any atom is -0.478 e. The van der Waals surface area contributed by atoms with Crippen molar-refractivity contribution in [2.24, 2.45) is 0 Å². The first kappa shape index (κ1) is 13.2. The van der Waals surface area contributed by atoms with E-state index in [0.29, 0.717) is 16.6 Å². The molecule has 0 aliphatic carbocycles. The molecule has 0 aliphatic rings. The van der Waals surface area contributed by atoms with Crippen LogP contribution >= 0.6 is 0 Å². The van der Waals surface area contributed by atoms with E-state index in [9.17, 15) is 13.6 Å². The quantitative estimate of drug-likeness (QED) is 0.806. The van der Waals surface area contributed by atoms with Gasteiger partial charge in [0.2, 0.25) is 0 Å². The highest BCUT2D eigenvalue weighted by Gasteiger charge is 2.13. The second kappa shape index (κ2) is 4.97. The molecule has 0 radical (unpaired) electrons. The number of nitrogens with zero attached hydrogens (tertiary/aromatic N) is 2. The van der Waals surface area contributed by atoms with E-state index in [2.05, 4.69) is 4.98 Å². The molecule has 0 fully saturated rings. The van der Waals surface area contributed by atoms with Crippen LogP contribution in [0, 0.1) is 11.6 Å². The summed E-state index contributed by atoms with van der Waals surface area (Å²) in [4.78, 5) is 15.2. The van der Waals surface area contributed by atoms with Crippen LogP contribution in [0.15, 0.2) is 42.7 Å². The average molecular weight is 288 g/mol. The highest BCUT2D eigenvalue weighted by atomic mass is 19.2. The number of carboxylic acid groups (broad SMARTS) is 1. The van der Waals surface area contributed by atoms with Crippen molar-refractivity contribution in [3.8, 4) is 0 Å². The Hall–Kier alpha value is -2.76. The van der Waals surface area contributed by atoms with Gasteiger partial charge in [-0.1, -0.05) is 18.2 Å². The van der Waals surface area contributed by atoms with Crippen LogP contribution in [0.1, 0.15) is 15.9 Å². The molecule has 2 aromatic carbocycles. The molecule has 1 heterocycles. The predicted molar refractivity (Wildman–Crippen MR) is 72.2 cm³/mol. The third kappa shape index (κ3) is 2.35. The first-order chi connectivity index (χ1) is 10.1. The van der Waals surface area contributed by atoms with Gasteiger partial charge in [0, 0.05) is 18.7 Å². The summed E-state index contributed by atoms with van der Waals surface area (Å²) in [6.07, 6.45) is 1.43. The lowest BCUT2D eigenvalue weighted by atomic mass is 10.1. The largest absolute Gasteiger partial charge is 0.478 e. The third-order valence-corrected chi connectivity index (χ3v) is 3.25. The summed E-state index contributed by atoms with van der Waals surface area (Å²) in [5, 5.41) is 9.15. The molecule has 4 nitrogen and oxygen atoms in total. The molecule has 6 heteroatoms. The molecular formula is C15H10F2N2O2. The fraction of sp³-hybridized carbons (Fsp3) is 0.0667. The second-order valence-corrected chi connectivity index (χ2v) is 4.59. The van der Waals surface area contributed by atoms with Crippen molar-refractivity contribution in [2.45, 2.75) is 6.54 Å². The minimum atomic E-state index is -1.03. The van der Waals surface area contributed by atoms with Gasteiger partial charge >= 0.3 is 5.97 Å². The minimum absolute atomic E-state index is 0.168. The van der Waals surface area contributed by atoms with Gasteiger partial charge in [-0.2, -0.15) is 0 Å². The van der Waals surface area contributed by atoms with Crippen molar-refractivity contribution in [2.75, 3.05) is 0 Å². The molecule has 3 aromatic rings. The number of benzene rings is 2. The Balaban J connectivity index is 2.07. The monoisotopic (exact) mass is 288 g/mol. The van der Waals surface area contributed by atoms with E-state index >= 15 is 0 Å². The van der Waals surface area contributed by atoms with Crippen LogP contribution in [0.3, 0.4) is 0 Å². The van der Waals surface area contributed by atoms with Crippen LogP contribution in [0.2, 0.25) is 0 Å². The van der Waals surface area contributed by atoms with Crippen molar-refractivity contribution in [3.63, 3.8) is 0 Å². The average Bonchev–Trinajstić information content (AvgIpc) is 2.82. The Morgan fingerprint density at radius 1 is 1.19 bits per heavy atom. The molecule has 1 aromatic heterocycles. The van der Waals surface area contributed by atoms with Crippen LogP contribution < -0.4 is 0 Å². The summed E-state index contributed by atoms with van der Waals surface area (Å²) >= 11 is 0. The number of hydrogen-bond acceptors (Lipinski definition) is 2. The number of fused-ring (bicyclic) bond motifs is 1. The summed E-state index contributed by atoms with van der Waals surface area (Å²) in [5.74, 6) is -2.96. The van der Waals surface area contributed by atoms with Gasteiger partial charge in [-0.3, -0.25) is 0 Å². The Bertz CT molecular complexity index is 843. The van der Waals surface area contributed by atoms with E-state index in [0.717, 1.165) is 12.1 Å². The first-order valence-electron chi connectivity index (χ1n) is 6.17. The summed E-state index contributed by atoms with van der Waals surface area (Å²) in [7, 11) is 0. The summed E-state index contributed by atoms with van der Waals surface area (Å²) in [6, 6.07) is 8.60. The van der Waals surface area contributed by atoms with Gasteiger partial charge in [-0.25, -0.2) is 18.6 Å². The maximum atomic E-state index is 13.3. The topological polar surface area (TPSA) is 55.1 Å². The van der Waals surface area contributed by atoms with E-state index in [1.807, 2.05) is 0 Å². The first-order valence-corrected chi connectivity index (χ1v) is 6.17. The Labute approximate surface area is 118 Å². The van der Waals surface area contributed by atoms with E-state index in [1.54, 1.807) is 22.8 Å². The molecule has 1 N–H and O–H groups in total. The van der Waals surface area contributed by atoms with Crippen molar-refractivity contribution in [3.05, 3.63) is 65.5 Å². The zero-order valence-corrected chi connectivity index (χ0v) is 10.8. The highest BCUT2D eigenvalue weighted by molar-refractivity contribution is 5.89. The van der Waals surface area contributed by atoms with E-state index in [-0.39, 0.29) is 12.1 Å². The lowest BCUT2D eigenvalue weighted by molar-refractivity contribution is 0.0695. The van der Waals surface area contributed by atoms with Gasteiger partial charge in [0.25, 0.3) is 0 Å². The lowest BCUT2D eigenvalue weighted by Gasteiger charge is -2.08. The molecule has 0 amide bonds. The van der Waals surface area contributed by atoms with E-state index < -0.39 is 17.6 Å². The smallest absolute Gasteiger partial charge is 0.336 e. The number of hydrogen-bond donors (Lipinski definition) is 1. The van der Waals surface area contributed by atoms with E-state index in [1.165, 1.54) is 12.4 Å². The van der Waals surface area contributed by atoms with Gasteiger partial charge in [-0.05, 0) is 11.6 Å². The van der Waals surface area contributed by atoms with Crippen LogP contribution in [0.25, 0.3) is 11.0 Å². The van der Waals surface area contributed by atoms with Gasteiger partial charge in [-0.15, -0.1) is 0 Å². The van der Waals surface area contributed by atoms with Gasteiger partial charge < -0.3 is 9.67 Å². The maximum Gasteiger partial charge on any atom is 0.336 e. The van der Waals surface area contributed by atoms with Gasteiger partial charge in [0.1, 0.15) is 0 Å². The number of halogens is 2. The predicted octanol–water partition coefficient (Wildman–Crippen LogP) is 3.06. The molecule has 106 valence electrons. The summed E-state index contributed by atoms with van der Waals surface area (Å²) < 4.78 is 28.1. The standard InChI is InChI=1S/C15H10F2N2O2/c16-11-5-13-14(6-12(11)17)19(8-18-13)7-9-3-1-2-4-10(9)15(20)21/h1-6,8H,7H2,(H,20,21). The van der Waals surface area contributed by atoms with Gasteiger partial charge in [0.15, 0.2) is 11.6 Å². The fourth-order valence-corrected chi connectivity index (χ4v) is 2.23. The second-order valence-electron chi connectivity index (χ2n) is 4.59. The Kier molecular flexibility index (Phi) is 3.13. The van der Waals surface area contributed by atoms with Crippen molar-refractivity contribution in [1.29, 1.82) is 0 Å². The molecule has 0 saturated heterocycles. The number of carboxylic acids is 1. The number of aromatic nitrogens is 2. The number of imidazole rings is 1. The zero-order valence-electron chi connectivity index (χ0n) is 10.8. The highest BCUT2D eigenvalue weighted by Crippen LogP contribution is 2.19. The lowest BCUT2D eigenvalue weighted by Crippen LogP contribution is -2.06. The van der Waals surface area contributed by atoms with Crippen molar-refractivity contribution in [1.82, 2.24) is 9.55 Å². The molecule has 3 rings (SSSR count). The zero-order chi connectivity index (χ0) is 15.0. The molecule has 0 aliphatic heterocycles. The third-order valence-electron chi connectivity index (χ3n) is 3.25. The number of rotatable bonds is 3. The molecular weight excluding hydrogens is 278 g/mol. The van der Waals surface area contributed by atoms with E-state index in [4.69, 9.17) is 5.11 Å². The normalized spacial score (nSPS) is 11.0. The molecule has 21 heavy (non-hydrogen) atoms. The number of aromatic carboxylic acids is 1. The maximum absolute atomic E-state index is 13.3. The SMILES string of the molecule is O=C(O)c1ccccc1Cn1cnc2cc(F)c(F)cc21. The van der Waals surface area contributed by atoms with Crippen molar-refractivity contribution >= 4 is 17.0 Å². The molecule has 0 saturated carbocycles. The molecule has 0 bridgehead atoms. The van der Waals surface area contributed by atoms with Crippen LogP contribution in [0.5, 0.6) is 0 Å². The Morgan fingerprint density at radius 2 is 1.90 bits per heavy atom. The summed E-state index contributed by atoms with van der Waals surface area (Å²) in [5.41, 5.74) is 1.46. The molecule has 0 spiro atoms. The molecule has 0 unspecified atom stereocenters. The van der Waals surface area contributed by atoms with Crippen LogP contribution in [-0.4, -0.2) is 20.6 Å². The van der Waals surface area contributed by atoms with Crippen LogP contribution in [0.4, 0.5) is 8.78 Å². The van der Waals surface area contributed by atoms with Crippen LogP contribution in [-0.2, 0) is 6.54 Å². The molecule has 0 atom stereocenters. The van der Waals surface area contributed by atoms with Gasteiger partial charge in [0.05, 0.1) is 22.9 Å².